The lowest BCUT2D eigenvalue weighted by atomic mass is 10.1. The van der Waals surface area contributed by atoms with Crippen LogP contribution in [-0.4, -0.2) is 30.9 Å². The Labute approximate surface area is 119 Å². The van der Waals surface area contributed by atoms with Crippen molar-refractivity contribution in [3.63, 3.8) is 0 Å². The standard InChI is InChI=1S/C14H14F3NO3/c1-21-12-6-5-10(4-2-3-7-19)8-11(12)18-13(20)9-14(15,16)17/h5-6,8,19H,3,7,9H2,1H3,(H,18,20). The summed E-state index contributed by atoms with van der Waals surface area (Å²) in [5.74, 6) is 4.45. The molecule has 0 aliphatic carbocycles. The Balaban J connectivity index is 2.91. The van der Waals surface area contributed by atoms with Crippen molar-refractivity contribution in [2.24, 2.45) is 0 Å². The summed E-state index contributed by atoms with van der Waals surface area (Å²) in [5, 5.41) is 10.8. The number of amides is 1. The van der Waals surface area contributed by atoms with Gasteiger partial charge in [-0.15, -0.1) is 0 Å². The molecule has 0 atom stereocenters. The highest BCUT2D eigenvalue weighted by molar-refractivity contribution is 5.92. The summed E-state index contributed by atoms with van der Waals surface area (Å²) in [6.45, 7) is -0.0850. The Hall–Kier alpha value is -2.20. The molecule has 0 aliphatic rings. The van der Waals surface area contributed by atoms with Gasteiger partial charge in [-0.05, 0) is 18.2 Å². The summed E-state index contributed by atoms with van der Waals surface area (Å²) in [5.41, 5.74) is 0.606. The Morgan fingerprint density at radius 1 is 1.43 bits per heavy atom. The number of carbonyl (C=O) groups is 1. The smallest absolute Gasteiger partial charge is 0.397 e. The van der Waals surface area contributed by atoms with Crippen LogP contribution in [0, 0.1) is 11.8 Å². The molecule has 4 nitrogen and oxygen atoms in total. The molecule has 114 valence electrons. The molecule has 0 unspecified atom stereocenters. The van der Waals surface area contributed by atoms with Crippen molar-refractivity contribution in [3.8, 4) is 17.6 Å². The van der Waals surface area contributed by atoms with E-state index in [0.29, 0.717) is 5.56 Å². The van der Waals surface area contributed by atoms with E-state index >= 15 is 0 Å². The summed E-state index contributed by atoms with van der Waals surface area (Å²) in [4.78, 5) is 11.3. The van der Waals surface area contributed by atoms with Crippen molar-refractivity contribution in [2.45, 2.75) is 19.0 Å². The highest BCUT2D eigenvalue weighted by Crippen LogP contribution is 2.27. The number of methoxy groups -OCH3 is 1. The Morgan fingerprint density at radius 2 is 2.14 bits per heavy atom. The third kappa shape index (κ3) is 6.19. The van der Waals surface area contributed by atoms with Gasteiger partial charge in [0, 0.05) is 12.0 Å². The molecule has 0 fully saturated rings. The van der Waals surface area contributed by atoms with Crippen molar-refractivity contribution >= 4 is 11.6 Å². The molecule has 0 heterocycles. The minimum Gasteiger partial charge on any atom is -0.495 e. The number of aliphatic hydroxyl groups is 1. The first-order valence-corrected chi connectivity index (χ1v) is 6.00. The average molecular weight is 301 g/mol. The molecule has 0 saturated carbocycles. The first-order valence-electron chi connectivity index (χ1n) is 6.00. The molecule has 0 spiro atoms. The van der Waals surface area contributed by atoms with Crippen molar-refractivity contribution in [3.05, 3.63) is 23.8 Å². The van der Waals surface area contributed by atoms with Gasteiger partial charge in [-0.3, -0.25) is 4.79 Å². The van der Waals surface area contributed by atoms with Gasteiger partial charge in [0.25, 0.3) is 0 Å². The number of hydrogen-bond donors (Lipinski definition) is 2. The number of aliphatic hydroxyl groups excluding tert-OH is 1. The second-order valence-electron chi connectivity index (χ2n) is 4.03. The van der Waals surface area contributed by atoms with Crippen LogP contribution >= 0.6 is 0 Å². The fraction of sp³-hybridized carbons (Fsp3) is 0.357. The van der Waals surface area contributed by atoms with Crippen LogP contribution in [0.15, 0.2) is 18.2 Å². The zero-order chi connectivity index (χ0) is 15.9. The molecule has 1 aromatic carbocycles. The van der Waals surface area contributed by atoms with Crippen molar-refractivity contribution < 1.29 is 27.8 Å². The molecule has 1 amide bonds. The van der Waals surface area contributed by atoms with Crippen LogP contribution in [-0.2, 0) is 4.79 Å². The fourth-order valence-electron chi connectivity index (χ4n) is 1.48. The lowest BCUT2D eigenvalue weighted by Gasteiger charge is -2.11. The maximum atomic E-state index is 12.1. The topological polar surface area (TPSA) is 58.6 Å². The maximum Gasteiger partial charge on any atom is 0.397 e. The van der Waals surface area contributed by atoms with Crippen LogP contribution in [0.2, 0.25) is 0 Å². The van der Waals surface area contributed by atoms with Crippen LogP contribution in [0.25, 0.3) is 0 Å². The SMILES string of the molecule is COc1ccc(C#CCCO)cc1NC(=O)CC(F)(F)F. The molecular formula is C14H14F3NO3. The molecule has 1 aromatic rings. The van der Waals surface area contributed by atoms with Crippen molar-refractivity contribution in [1.82, 2.24) is 0 Å². The summed E-state index contributed by atoms with van der Waals surface area (Å²) >= 11 is 0. The van der Waals surface area contributed by atoms with Gasteiger partial charge < -0.3 is 15.2 Å². The van der Waals surface area contributed by atoms with E-state index in [0.717, 1.165) is 0 Å². The van der Waals surface area contributed by atoms with Gasteiger partial charge in [-0.2, -0.15) is 13.2 Å². The van der Waals surface area contributed by atoms with Gasteiger partial charge in [0.15, 0.2) is 0 Å². The van der Waals surface area contributed by atoms with E-state index < -0.39 is 18.5 Å². The minimum absolute atomic E-state index is 0.0850. The summed E-state index contributed by atoms with van der Waals surface area (Å²) < 4.78 is 41.4. The Kier molecular flexibility index (Phi) is 6.06. The van der Waals surface area contributed by atoms with Crippen LogP contribution in [0.3, 0.4) is 0 Å². The van der Waals surface area contributed by atoms with E-state index in [2.05, 4.69) is 17.2 Å². The third-order valence-corrected chi connectivity index (χ3v) is 2.30. The van der Waals surface area contributed by atoms with E-state index in [4.69, 9.17) is 9.84 Å². The van der Waals surface area contributed by atoms with Crippen LogP contribution < -0.4 is 10.1 Å². The predicted molar refractivity (Wildman–Crippen MR) is 70.9 cm³/mol. The zero-order valence-electron chi connectivity index (χ0n) is 11.3. The second-order valence-corrected chi connectivity index (χ2v) is 4.03. The number of rotatable bonds is 4. The zero-order valence-corrected chi connectivity index (χ0v) is 11.3. The molecule has 0 radical (unpaired) electrons. The van der Waals surface area contributed by atoms with Crippen molar-refractivity contribution in [2.75, 3.05) is 19.0 Å². The monoisotopic (exact) mass is 301 g/mol. The first-order chi connectivity index (χ1) is 9.85. The third-order valence-electron chi connectivity index (χ3n) is 2.30. The van der Waals surface area contributed by atoms with Crippen LogP contribution in [0.4, 0.5) is 18.9 Å². The number of ether oxygens (including phenoxy) is 1. The normalized spacial score (nSPS) is 10.5. The number of anilines is 1. The first kappa shape index (κ1) is 16.9. The molecule has 0 aliphatic heterocycles. The quantitative estimate of drug-likeness (QED) is 0.839. The Morgan fingerprint density at radius 3 is 2.71 bits per heavy atom. The molecule has 0 bridgehead atoms. The number of alkyl halides is 3. The summed E-state index contributed by atoms with van der Waals surface area (Å²) in [6, 6.07) is 4.51. The van der Waals surface area contributed by atoms with E-state index in [-0.39, 0.29) is 24.5 Å². The summed E-state index contributed by atoms with van der Waals surface area (Å²) in [7, 11) is 1.34. The van der Waals surface area contributed by atoms with Crippen LogP contribution in [0.1, 0.15) is 18.4 Å². The van der Waals surface area contributed by atoms with E-state index in [9.17, 15) is 18.0 Å². The van der Waals surface area contributed by atoms with Gasteiger partial charge in [0.2, 0.25) is 5.91 Å². The molecule has 0 saturated heterocycles. The molecule has 2 N–H and O–H groups in total. The highest BCUT2D eigenvalue weighted by atomic mass is 19.4. The number of nitrogens with one attached hydrogen (secondary N) is 1. The van der Waals surface area contributed by atoms with Crippen molar-refractivity contribution in [1.29, 1.82) is 0 Å². The van der Waals surface area contributed by atoms with Gasteiger partial charge in [0.1, 0.15) is 12.2 Å². The van der Waals surface area contributed by atoms with Gasteiger partial charge in [0.05, 0.1) is 19.4 Å². The molecule has 0 aromatic heterocycles. The van der Waals surface area contributed by atoms with E-state index in [1.807, 2.05) is 0 Å². The number of benzene rings is 1. The maximum absolute atomic E-state index is 12.1. The average Bonchev–Trinajstić information content (AvgIpc) is 2.37. The van der Waals surface area contributed by atoms with Crippen LogP contribution in [0.5, 0.6) is 5.75 Å². The Bertz CT molecular complexity index is 559. The molecule has 21 heavy (non-hydrogen) atoms. The second kappa shape index (κ2) is 7.55. The van der Waals surface area contributed by atoms with Gasteiger partial charge in [-0.1, -0.05) is 11.8 Å². The molecule has 7 heteroatoms. The number of hydrogen-bond acceptors (Lipinski definition) is 3. The van der Waals surface area contributed by atoms with E-state index in [1.165, 1.54) is 19.2 Å². The highest BCUT2D eigenvalue weighted by Gasteiger charge is 2.31. The van der Waals surface area contributed by atoms with E-state index in [1.54, 1.807) is 6.07 Å². The molecule has 1 rings (SSSR count). The fourth-order valence-corrected chi connectivity index (χ4v) is 1.48. The lowest BCUT2D eigenvalue weighted by Crippen LogP contribution is -2.21. The predicted octanol–water partition coefficient (Wildman–Crippen LogP) is 2.32. The van der Waals surface area contributed by atoms with Gasteiger partial charge in [-0.25, -0.2) is 0 Å². The number of carbonyl (C=O) groups excluding carboxylic acids is 1. The minimum atomic E-state index is -4.57. The van der Waals surface area contributed by atoms with Gasteiger partial charge >= 0.3 is 6.18 Å². The molecular weight excluding hydrogens is 287 g/mol. The number of halogens is 3. The summed E-state index contributed by atoms with van der Waals surface area (Å²) in [6.07, 6.45) is -5.87. The lowest BCUT2D eigenvalue weighted by molar-refractivity contribution is -0.150. The largest absolute Gasteiger partial charge is 0.495 e.